The van der Waals surface area contributed by atoms with Crippen molar-refractivity contribution in [3.8, 4) is 0 Å². The fourth-order valence-electron chi connectivity index (χ4n) is 2.35. The van der Waals surface area contributed by atoms with Crippen molar-refractivity contribution in [2.75, 3.05) is 11.9 Å². The van der Waals surface area contributed by atoms with Gasteiger partial charge in [0, 0.05) is 17.4 Å². The molecule has 0 atom stereocenters. The summed E-state index contributed by atoms with van der Waals surface area (Å²) in [7, 11) is 0. The van der Waals surface area contributed by atoms with E-state index in [1.165, 1.54) is 0 Å². The van der Waals surface area contributed by atoms with Gasteiger partial charge in [0.25, 0.3) is 5.91 Å². The molecular formula is C17H19BrF3N3O5. The summed E-state index contributed by atoms with van der Waals surface area (Å²) in [6.07, 6.45) is -3.33. The van der Waals surface area contributed by atoms with Crippen LogP contribution in [0.5, 0.6) is 0 Å². The molecule has 0 saturated carbocycles. The minimum atomic E-state index is -5.48. The molecule has 12 heteroatoms. The number of alkyl halides is 3. The summed E-state index contributed by atoms with van der Waals surface area (Å²) >= 11 is 3.31. The molecule has 0 unspecified atom stereocenters. The van der Waals surface area contributed by atoms with Crippen LogP contribution in [0.3, 0.4) is 0 Å². The van der Waals surface area contributed by atoms with E-state index in [9.17, 15) is 22.8 Å². The molecule has 160 valence electrons. The first kappa shape index (κ1) is 23.1. The van der Waals surface area contributed by atoms with Gasteiger partial charge in [-0.15, -0.1) is 0 Å². The predicted octanol–water partition coefficient (Wildman–Crippen LogP) is 2.84. The minimum absolute atomic E-state index is 0.0898. The van der Waals surface area contributed by atoms with Crippen LogP contribution in [0, 0.1) is 0 Å². The number of hydrogen-bond donors (Lipinski definition) is 4. The highest BCUT2D eigenvalue weighted by Crippen LogP contribution is 2.28. The molecule has 2 rings (SSSR count). The van der Waals surface area contributed by atoms with Crippen LogP contribution in [-0.4, -0.2) is 45.5 Å². The molecule has 1 aromatic heterocycles. The van der Waals surface area contributed by atoms with Crippen molar-refractivity contribution in [2.45, 2.75) is 44.1 Å². The van der Waals surface area contributed by atoms with Crippen molar-refractivity contribution >= 4 is 44.9 Å². The van der Waals surface area contributed by atoms with Gasteiger partial charge in [-0.05, 0) is 31.0 Å². The van der Waals surface area contributed by atoms with Gasteiger partial charge in [0.2, 0.25) is 5.91 Å². The Morgan fingerprint density at radius 1 is 1.14 bits per heavy atom. The molecule has 0 bridgehead atoms. The Balaban J connectivity index is 1.61. The van der Waals surface area contributed by atoms with E-state index in [2.05, 4.69) is 26.2 Å². The molecule has 0 aliphatic carbocycles. The molecule has 0 spiro atoms. The lowest BCUT2D eigenvalue weighted by Gasteiger charge is -2.22. The van der Waals surface area contributed by atoms with Gasteiger partial charge in [-0.3, -0.25) is 14.9 Å². The zero-order chi connectivity index (χ0) is 21.7. The molecular weight excluding hydrogens is 463 g/mol. The fourth-order valence-corrected chi connectivity index (χ4v) is 2.69. The summed E-state index contributed by atoms with van der Waals surface area (Å²) in [4.78, 5) is 27.2. The van der Waals surface area contributed by atoms with E-state index >= 15 is 0 Å². The lowest BCUT2D eigenvalue weighted by molar-refractivity contribution is -0.328. The smallest absolute Gasteiger partial charge is 0.423 e. The van der Waals surface area contributed by atoms with Gasteiger partial charge in [0.15, 0.2) is 5.58 Å². The lowest BCUT2D eigenvalue weighted by Crippen LogP contribution is -2.57. The number of fused-ring (bicyclic) bond motifs is 1. The van der Waals surface area contributed by atoms with E-state index < -0.39 is 17.9 Å². The third-order valence-electron chi connectivity index (χ3n) is 3.92. The molecule has 29 heavy (non-hydrogen) atoms. The number of carbonyl (C=O) groups is 2. The van der Waals surface area contributed by atoms with Crippen LogP contribution in [-0.2, 0) is 9.59 Å². The number of nitrogens with one attached hydrogen (secondary N) is 2. The molecule has 1 heterocycles. The van der Waals surface area contributed by atoms with Gasteiger partial charge >= 0.3 is 18.0 Å². The summed E-state index contributed by atoms with van der Waals surface area (Å²) in [6, 6.07) is 5.35. The number of hydrogen-bond acceptors (Lipinski definition) is 6. The van der Waals surface area contributed by atoms with Crippen molar-refractivity contribution in [3.63, 3.8) is 0 Å². The Labute approximate surface area is 171 Å². The number of rotatable bonds is 9. The van der Waals surface area contributed by atoms with Gasteiger partial charge in [-0.1, -0.05) is 28.8 Å². The first-order chi connectivity index (χ1) is 13.5. The topological polar surface area (TPSA) is 125 Å². The molecule has 0 aliphatic rings. The molecule has 1 aromatic carbocycles. The van der Waals surface area contributed by atoms with Gasteiger partial charge in [-0.2, -0.15) is 18.2 Å². The van der Waals surface area contributed by atoms with E-state index in [0.29, 0.717) is 36.8 Å². The maximum Gasteiger partial charge on any atom is 0.453 e. The number of unbranched alkanes of at least 4 members (excludes halogenated alkanes) is 3. The predicted molar refractivity (Wildman–Crippen MR) is 99.7 cm³/mol. The summed E-state index contributed by atoms with van der Waals surface area (Å²) in [5, 5.41) is 21.9. The third-order valence-corrected chi connectivity index (χ3v) is 4.42. The largest absolute Gasteiger partial charge is 0.453 e. The van der Waals surface area contributed by atoms with Crippen molar-refractivity contribution in [3.05, 3.63) is 22.7 Å². The Hall–Kier alpha value is -2.18. The molecule has 0 aliphatic heterocycles. The maximum atomic E-state index is 12.3. The number of benzene rings is 1. The molecule has 2 aromatic rings. The highest BCUT2D eigenvalue weighted by Gasteiger charge is 2.58. The normalized spacial score (nSPS) is 12.2. The van der Waals surface area contributed by atoms with Crippen LogP contribution in [0.25, 0.3) is 11.1 Å². The second kappa shape index (κ2) is 9.55. The first-order valence-electron chi connectivity index (χ1n) is 8.66. The standard InChI is InChI=1S/C17H19BrF3N3O5/c18-10-6-7-11-12(9-10)29-15(23-11)24-13(25)5-3-1-2-4-8-22-14(26)16(27,28)17(19,20)21/h6-7,9,27-28H,1-5,8H2,(H,22,26)(H,23,24,25). The zero-order valence-corrected chi connectivity index (χ0v) is 16.6. The maximum absolute atomic E-state index is 12.3. The third kappa shape index (κ3) is 6.41. The zero-order valence-electron chi connectivity index (χ0n) is 15.1. The van der Waals surface area contributed by atoms with E-state index in [0.717, 1.165) is 4.47 Å². The monoisotopic (exact) mass is 481 g/mol. The van der Waals surface area contributed by atoms with Gasteiger partial charge in [-0.25, -0.2) is 0 Å². The molecule has 2 amide bonds. The highest BCUT2D eigenvalue weighted by molar-refractivity contribution is 9.10. The lowest BCUT2D eigenvalue weighted by atomic mass is 10.1. The second-order valence-corrected chi connectivity index (χ2v) is 7.19. The summed E-state index contributed by atoms with van der Waals surface area (Å²) in [5.41, 5.74) is 1.13. The Bertz CT molecular complexity index is 870. The van der Waals surface area contributed by atoms with Crippen molar-refractivity contribution < 1.29 is 37.4 Å². The van der Waals surface area contributed by atoms with Crippen LogP contribution < -0.4 is 10.6 Å². The highest BCUT2D eigenvalue weighted by atomic mass is 79.9. The van der Waals surface area contributed by atoms with Crippen molar-refractivity contribution in [1.29, 1.82) is 0 Å². The SMILES string of the molecule is O=C(CCCCCCNC(=O)C(O)(O)C(F)(F)F)Nc1nc2ccc(Br)cc2o1. The van der Waals surface area contributed by atoms with E-state index in [1.54, 1.807) is 18.2 Å². The van der Waals surface area contributed by atoms with E-state index in [4.69, 9.17) is 14.6 Å². The molecule has 4 N–H and O–H groups in total. The van der Waals surface area contributed by atoms with E-state index in [1.807, 2.05) is 5.32 Å². The van der Waals surface area contributed by atoms with E-state index in [-0.39, 0.29) is 24.9 Å². The molecule has 8 nitrogen and oxygen atoms in total. The number of amides is 2. The van der Waals surface area contributed by atoms with Gasteiger partial charge < -0.3 is 19.9 Å². The second-order valence-electron chi connectivity index (χ2n) is 6.27. The average molecular weight is 482 g/mol. The summed E-state index contributed by atoms with van der Waals surface area (Å²) in [5.74, 6) is -6.62. The number of aliphatic hydroxyl groups is 2. The number of halogens is 4. The summed E-state index contributed by atoms with van der Waals surface area (Å²) in [6.45, 7) is -0.150. The number of carbonyl (C=O) groups excluding carboxylic acids is 2. The van der Waals surface area contributed by atoms with Gasteiger partial charge in [0.1, 0.15) is 5.52 Å². The quantitative estimate of drug-likeness (QED) is 0.322. The van der Waals surface area contributed by atoms with Gasteiger partial charge in [0.05, 0.1) is 0 Å². The first-order valence-corrected chi connectivity index (χ1v) is 9.45. The minimum Gasteiger partial charge on any atom is -0.423 e. The Morgan fingerprint density at radius 2 is 1.83 bits per heavy atom. The number of nitrogens with zero attached hydrogens (tertiary/aromatic N) is 1. The fraction of sp³-hybridized carbons (Fsp3) is 0.471. The molecule has 0 saturated heterocycles. The van der Waals surface area contributed by atoms with Crippen molar-refractivity contribution in [1.82, 2.24) is 10.3 Å². The molecule has 0 fully saturated rings. The van der Waals surface area contributed by atoms with Crippen LogP contribution in [0.2, 0.25) is 0 Å². The number of aromatic nitrogens is 1. The van der Waals surface area contributed by atoms with Crippen LogP contribution >= 0.6 is 15.9 Å². The van der Waals surface area contributed by atoms with Crippen LogP contribution in [0.1, 0.15) is 32.1 Å². The van der Waals surface area contributed by atoms with Crippen LogP contribution in [0.15, 0.2) is 27.1 Å². The summed E-state index contributed by atoms with van der Waals surface area (Å²) < 4.78 is 43.0. The van der Waals surface area contributed by atoms with Crippen LogP contribution in [0.4, 0.5) is 19.2 Å². The Kier molecular flexibility index (Phi) is 7.60. The number of oxazole rings is 1. The Morgan fingerprint density at radius 3 is 2.52 bits per heavy atom. The van der Waals surface area contributed by atoms with Crippen molar-refractivity contribution in [2.24, 2.45) is 0 Å². The average Bonchev–Trinajstić information content (AvgIpc) is 3.00. The molecule has 0 radical (unpaired) electrons. The number of anilines is 1.